The van der Waals surface area contributed by atoms with E-state index >= 15 is 0 Å². The summed E-state index contributed by atoms with van der Waals surface area (Å²) in [6, 6.07) is 15.6. The molecule has 2 aliphatic rings. The van der Waals surface area contributed by atoms with Gasteiger partial charge in [-0.3, -0.25) is 19.5 Å². The first-order valence-corrected chi connectivity index (χ1v) is 13.4. The van der Waals surface area contributed by atoms with Crippen LogP contribution in [0.15, 0.2) is 65.6 Å². The van der Waals surface area contributed by atoms with Crippen molar-refractivity contribution in [1.82, 2.24) is 24.3 Å². The summed E-state index contributed by atoms with van der Waals surface area (Å²) in [5, 5.41) is 5.62. The normalized spacial score (nSPS) is 18.1. The summed E-state index contributed by atoms with van der Waals surface area (Å²) in [5.74, 6) is -0.135. The minimum absolute atomic E-state index is 0.176. The molecule has 1 unspecified atom stereocenters. The molecule has 2 aromatic heterocycles. The number of nitrogens with zero attached hydrogens (tertiary/aromatic N) is 4. The van der Waals surface area contributed by atoms with Gasteiger partial charge in [0, 0.05) is 25.6 Å². The second kappa shape index (κ2) is 9.63. The van der Waals surface area contributed by atoms with E-state index in [0.717, 1.165) is 11.1 Å². The number of aromatic nitrogens is 3. The molecule has 2 aromatic carbocycles. The predicted molar refractivity (Wildman–Crippen MR) is 151 cm³/mol. The zero-order valence-electron chi connectivity index (χ0n) is 22.0. The molecule has 1 saturated heterocycles. The van der Waals surface area contributed by atoms with Crippen LogP contribution in [0.25, 0.3) is 16.9 Å². The number of rotatable bonds is 6. The van der Waals surface area contributed by atoms with Crippen molar-refractivity contribution in [3.8, 4) is 5.82 Å². The molecule has 6 rings (SSSR count). The number of carbonyl (C=O) groups is 3. The summed E-state index contributed by atoms with van der Waals surface area (Å²) in [6.45, 7) is 4.18. The summed E-state index contributed by atoms with van der Waals surface area (Å²) >= 11 is 6.78. The molecular formula is C29H27ClN6O4. The van der Waals surface area contributed by atoms with Crippen molar-refractivity contribution in [2.75, 3.05) is 11.9 Å². The van der Waals surface area contributed by atoms with Crippen molar-refractivity contribution in [3.05, 3.63) is 87.4 Å². The number of pyridine rings is 1. The van der Waals surface area contributed by atoms with Crippen LogP contribution in [0.5, 0.6) is 0 Å². The molecule has 1 spiro atoms. The summed E-state index contributed by atoms with van der Waals surface area (Å²) in [5.41, 5.74) is 1.77. The number of para-hydroxylation sites is 2. The number of halogens is 1. The molecule has 1 fully saturated rings. The number of anilines is 1. The Morgan fingerprint density at radius 1 is 1.05 bits per heavy atom. The molecule has 40 heavy (non-hydrogen) atoms. The van der Waals surface area contributed by atoms with Gasteiger partial charge in [-0.1, -0.05) is 49.7 Å². The Hall–Kier alpha value is -4.44. The highest BCUT2D eigenvalue weighted by Crippen LogP contribution is 2.43. The molecule has 1 aliphatic carbocycles. The zero-order valence-corrected chi connectivity index (χ0v) is 22.7. The lowest BCUT2D eigenvalue weighted by atomic mass is 9.93. The standard InChI is InChI=1S/C29H27ClN6O4/c1-17(2)15-35-27(39)33-26(38)29(35)13-18-10-11-20(25(30)19(18)14-29)32-24(37)16-34-21-7-3-4-8-22(21)36(28(34)40)23-9-5-6-12-31-23/h3-12,17H,13-16H2,1-2H3,(H,32,37)(H,33,38,39). The van der Waals surface area contributed by atoms with Gasteiger partial charge in [-0.15, -0.1) is 0 Å². The molecule has 204 valence electrons. The first kappa shape index (κ1) is 25.8. The Kier molecular flexibility index (Phi) is 6.22. The first-order valence-electron chi connectivity index (χ1n) is 13.0. The fraction of sp³-hybridized carbons (Fsp3) is 0.276. The number of hydrogen-bond donors (Lipinski definition) is 2. The van der Waals surface area contributed by atoms with Gasteiger partial charge in [0.15, 0.2) is 0 Å². The molecule has 11 heteroatoms. The second-order valence-corrected chi connectivity index (χ2v) is 11.0. The zero-order chi connectivity index (χ0) is 28.2. The van der Waals surface area contributed by atoms with Gasteiger partial charge in [0.1, 0.15) is 17.9 Å². The topological polar surface area (TPSA) is 118 Å². The summed E-state index contributed by atoms with van der Waals surface area (Å²) in [7, 11) is 0. The molecule has 1 aliphatic heterocycles. The van der Waals surface area contributed by atoms with Crippen molar-refractivity contribution in [2.45, 2.75) is 38.8 Å². The van der Waals surface area contributed by atoms with Gasteiger partial charge in [-0.25, -0.2) is 19.1 Å². The Balaban J connectivity index is 1.28. The maximum atomic E-state index is 13.4. The van der Waals surface area contributed by atoms with Crippen LogP contribution in [0.4, 0.5) is 10.5 Å². The lowest BCUT2D eigenvalue weighted by molar-refractivity contribution is -0.126. The largest absolute Gasteiger partial charge is 0.335 e. The molecule has 4 amide bonds. The highest BCUT2D eigenvalue weighted by Gasteiger charge is 2.56. The van der Waals surface area contributed by atoms with E-state index in [-0.39, 0.29) is 30.5 Å². The molecule has 1 atom stereocenters. The number of nitrogens with one attached hydrogen (secondary N) is 2. The Labute approximate surface area is 234 Å². The number of imidazole rings is 1. The lowest BCUT2D eigenvalue weighted by Gasteiger charge is -2.32. The Bertz CT molecular complexity index is 1740. The maximum Gasteiger partial charge on any atom is 0.335 e. The molecule has 0 radical (unpaired) electrons. The maximum absolute atomic E-state index is 13.4. The number of hydrogen-bond acceptors (Lipinski definition) is 5. The van der Waals surface area contributed by atoms with E-state index in [1.165, 1.54) is 9.13 Å². The van der Waals surface area contributed by atoms with E-state index in [4.69, 9.17) is 11.6 Å². The van der Waals surface area contributed by atoms with Crippen LogP contribution in [0, 0.1) is 5.92 Å². The Morgan fingerprint density at radius 2 is 1.80 bits per heavy atom. The number of carbonyl (C=O) groups excluding carboxylic acids is 3. The summed E-state index contributed by atoms with van der Waals surface area (Å²) in [4.78, 5) is 58.1. The molecule has 4 aromatic rings. The van der Waals surface area contributed by atoms with Crippen molar-refractivity contribution in [2.24, 2.45) is 5.92 Å². The van der Waals surface area contributed by atoms with Gasteiger partial charge in [-0.2, -0.15) is 0 Å². The van der Waals surface area contributed by atoms with Crippen LogP contribution in [0.2, 0.25) is 5.02 Å². The molecule has 0 bridgehead atoms. The van der Waals surface area contributed by atoms with Gasteiger partial charge >= 0.3 is 11.7 Å². The number of urea groups is 1. The van der Waals surface area contributed by atoms with Crippen molar-refractivity contribution in [3.63, 3.8) is 0 Å². The smallest absolute Gasteiger partial charge is 0.323 e. The molecule has 2 N–H and O–H groups in total. The van der Waals surface area contributed by atoms with E-state index in [9.17, 15) is 19.2 Å². The van der Waals surface area contributed by atoms with Gasteiger partial charge in [0.25, 0.3) is 5.91 Å². The van der Waals surface area contributed by atoms with Gasteiger partial charge in [-0.05, 0) is 47.4 Å². The lowest BCUT2D eigenvalue weighted by Crippen LogP contribution is -2.51. The highest BCUT2D eigenvalue weighted by atomic mass is 35.5. The van der Waals surface area contributed by atoms with Crippen LogP contribution in [0.3, 0.4) is 0 Å². The third-order valence-corrected chi connectivity index (χ3v) is 7.97. The number of fused-ring (bicyclic) bond motifs is 2. The second-order valence-electron chi connectivity index (χ2n) is 10.6. The first-order chi connectivity index (χ1) is 19.2. The van der Waals surface area contributed by atoms with Gasteiger partial charge < -0.3 is 10.2 Å². The average Bonchev–Trinajstić information content (AvgIpc) is 3.53. The minimum atomic E-state index is -1.03. The minimum Gasteiger partial charge on any atom is -0.323 e. The van der Waals surface area contributed by atoms with E-state index in [2.05, 4.69) is 15.6 Å². The molecule has 0 saturated carbocycles. The van der Waals surface area contributed by atoms with E-state index in [1.54, 1.807) is 53.6 Å². The molecule has 3 heterocycles. The summed E-state index contributed by atoms with van der Waals surface area (Å²) in [6.07, 6.45) is 2.21. The van der Waals surface area contributed by atoms with Gasteiger partial charge in [0.05, 0.1) is 21.7 Å². The summed E-state index contributed by atoms with van der Waals surface area (Å²) < 4.78 is 2.87. The average molecular weight is 559 g/mol. The fourth-order valence-electron chi connectivity index (χ4n) is 5.76. The highest BCUT2D eigenvalue weighted by molar-refractivity contribution is 6.34. The van der Waals surface area contributed by atoms with E-state index in [0.29, 0.717) is 40.5 Å². The quantitative estimate of drug-likeness (QED) is 0.351. The van der Waals surface area contributed by atoms with Crippen LogP contribution in [-0.4, -0.2) is 48.9 Å². The van der Waals surface area contributed by atoms with Crippen molar-refractivity contribution >= 4 is 46.2 Å². The van der Waals surface area contributed by atoms with Crippen LogP contribution >= 0.6 is 11.6 Å². The van der Waals surface area contributed by atoms with E-state index in [1.807, 2.05) is 26.0 Å². The van der Waals surface area contributed by atoms with Crippen LogP contribution in [-0.2, 0) is 29.0 Å². The third kappa shape index (κ3) is 4.06. The predicted octanol–water partition coefficient (Wildman–Crippen LogP) is 3.52. The molecule has 10 nitrogen and oxygen atoms in total. The van der Waals surface area contributed by atoms with Gasteiger partial charge in [0.2, 0.25) is 5.91 Å². The SMILES string of the molecule is CC(C)CN1C(=O)NC(=O)C12Cc1ccc(NC(=O)Cn3c(=O)n(-c4ccccn4)c4ccccc43)c(Cl)c1C2. The third-order valence-electron chi connectivity index (χ3n) is 7.53. The van der Waals surface area contributed by atoms with Crippen molar-refractivity contribution < 1.29 is 14.4 Å². The van der Waals surface area contributed by atoms with Crippen LogP contribution in [0.1, 0.15) is 25.0 Å². The Morgan fingerprint density at radius 3 is 2.52 bits per heavy atom. The molecular weight excluding hydrogens is 532 g/mol. The number of imide groups is 1. The monoisotopic (exact) mass is 558 g/mol. The van der Waals surface area contributed by atoms with Crippen LogP contribution < -0.4 is 16.3 Å². The number of amides is 4. The fourth-order valence-corrected chi connectivity index (χ4v) is 6.06. The van der Waals surface area contributed by atoms with Crippen molar-refractivity contribution in [1.29, 1.82) is 0 Å². The van der Waals surface area contributed by atoms with E-state index < -0.39 is 17.5 Å². The number of benzene rings is 2.